The quantitative estimate of drug-likeness (QED) is 0.795. The molecule has 0 amide bonds. The molecule has 2 nitrogen and oxygen atoms in total. The van der Waals surface area contributed by atoms with Gasteiger partial charge in [-0.05, 0) is 24.8 Å². The molecule has 15 heavy (non-hydrogen) atoms. The van der Waals surface area contributed by atoms with Crippen LogP contribution in [0.5, 0.6) is 5.75 Å². The molecule has 1 aliphatic rings. The number of benzene rings is 1. The van der Waals surface area contributed by atoms with Gasteiger partial charge in [-0.2, -0.15) is 0 Å². The molecule has 1 fully saturated rings. The van der Waals surface area contributed by atoms with Crippen molar-refractivity contribution < 1.29 is 5.11 Å². The van der Waals surface area contributed by atoms with Crippen LogP contribution in [-0.2, 0) is 0 Å². The predicted molar refractivity (Wildman–Crippen MR) is 61.8 cm³/mol. The fourth-order valence-corrected chi connectivity index (χ4v) is 2.00. The highest BCUT2D eigenvalue weighted by molar-refractivity contribution is 5.34. The van der Waals surface area contributed by atoms with Crippen LogP contribution in [-0.4, -0.2) is 11.1 Å². The zero-order valence-electron chi connectivity index (χ0n) is 9.62. The third kappa shape index (κ3) is 2.15. The second-order valence-corrected chi connectivity index (χ2v) is 5.19. The molecule has 0 bridgehead atoms. The van der Waals surface area contributed by atoms with Crippen molar-refractivity contribution in [1.29, 1.82) is 0 Å². The summed E-state index contributed by atoms with van der Waals surface area (Å²) >= 11 is 0. The average molecular weight is 205 g/mol. The first kappa shape index (κ1) is 10.5. The summed E-state index contributed by atoms with van der Waals surface area (Å²) in [5.41, 5.74) is 1.42. The number of hydrogen-bond acceptors (Lipinski definition) is 2. The molecule has 2 atom stereocenters. The van der Waals surface area contributed by atoms with Crippen LogP contribution in [0.3, 0.4) is 0 Å². The van der Waals surface area contributed by atoms with E-state index < -0.39 is 0 Å². The summed E-state index contributed by atoms with van der Waals surface area (Å²) in [7, 11) is 0. The SMILES string of the molecule is CC(NC1CC1(C)C)c1ccccc1O. The van der Waals surface area contributed by atoms with Gasteiger partial charge < -0.3 is 10.4 Å². The van der Waals surface area contributed by atoms with Gasteiger partial charge in [0, 0.05) is 17.6 Å². The van der Waals surface area contributed by atoms with Crippen molar-refractivity contribution in [3.8, 4) is 5.75 Å². The molecule has 1 saturated carbocycles. The van der Waals surface area contributed by atoms with Gasteiger partial charge >= 0.3 is 0 Å². The van der Waals surface area contributed by atoms with E-state index in [4.69, 9.17) is 0 Å². The van der Waals surface area contributed by atoms with E-state index in [9.17, 15) is 5.11 Å². The smallest absolute Gasteiger partial charge is 0.120 e. The highest BCUT2D eigenvalue weighted by atomic mass is 16.3. The highest BCUT2D eigenvalue weighted by Crippen LogP contribution is 2.45. The van der Waals surface area contributed by atoms with Gasteiger partial charge in [0.25, 0.3) is 0 Å². The Bertz CT molecular complexity index is 359. The lowest BCUT2D eigenvalue weighted by Gasteiger charge is -2.16. The fourth-order valence-electron chi connectivity index (χ4n) is 2.00. The molecule has 0 aromatic heterocycles. The fraction of sp³-hybridized carbons (Fsp3) is 0.538. The Morgan fingerprint density at radius 1 is 1.40 bits per heavy atom. The maximum absolute atomic E-state index is 9.70. The van der Waals surface area contributed by atoms with E-state index >= 15 is 0 Å². The van der Waals surface area contributed by atoms with Crippen molar-refractivity contribution >= 4 is 0 Å². The molecule has 1 aromatic rings. The molecule has 1 aliphatic carbocycles. The van der Waals surface area contributed by atoms with Crippen molar-refractivity contribution in [1.82, 2.24) is 5.32 Å². The van der Waals surface area contributed by atoms with E-state index in [1.165, 1.54) is 6.42 Å². The zero-order valence-corrected chi connectivity index (χ0v) is 9.62. The number of aromatic hydroxyl groups is 1. The third-order valence-electron chi connectivity index (χ3n) is 3.37. The molecule has 0 aliphatic heterocycles. The molecule has 0 radical (unpaired) electrons. The minimum Gasteiger partial charge on any atom is -0.508 e. The van der Waals surface area contributed by atoms with Crippen molar-refractivity contribution in [3.05, 3.63) is 29.8 Å². The van der Waals surface area contributed by atoms with E-state index in [2.05, 4.69) is 26.1 Å². The normalized spacial score (nSPS) is 24.9. The van der Waals surface area contributed by atoms with Gasteiger partial charge in [-0.15, -0.1) is 0 Å². The number of phenolic OH excluding ortho intramolecular Hbond substituents is 1. The summed E-state index contributed by atoms with van der Waals surface area (Å²) in [6.45, 7) is 6.63. The Morgan fingerprint density at radius 2 is 2.00 bits per heavy atom. The Balaban J connectivity index is 2.03. The lowest BCUT2D eigenvalue weighted by Crippen LogP contribution is -2.24. The molecule has 0 saturated heterocycles. The van der Waals surface area contributed by atoms with Crippen molar-refractivity contribution in [2.24, 2.45) is 5.41 Å². The maximum Gasteiger partial charge on any atom is 0.120 e. The first-order valence-corrected chi connectivity index (χ1v) is 5.54. The van der Waals surface area contributed by atoms with Gasteiger partial charge in [0.15, 0.2) is 0 Å². The third-order valence-corrected chi connectivity index (χ3v) is 3.37. The van der Waals surface area contributed by atoms with Crippen LogP contribution in [0.25, 0.3) is 0 Å². The van der Waals surface area contributed by atoms with Gasteiger partial charge in [0.1, 0.15) is 5.75 Å². The molecule has 2 N–H and O–H groups in total. The van der Waals surface area contributed by atoms with Gasteiger partial charge in [0.05, 0.1) is 0 Å². The molecule has 2 heteroatoms. The van der Waals surface area contributed by atoms with Gasteiger partial charge in [-0.25, -0.2) is 0 Å². The first-order valence-electron chi connectivity index (χ1n) is 5.54. The Hall–Kier alpha value is -1.02. The van der Waals surface area contributed by atoms with E-state index in [1.807, 2.05) is 18.2 Å². The number of hydrogen-bond donors (Lipinski definition) is 2. The van der Waals surface area contributed by atoms with Crippen LogP contribution in [0.4, 0.5) is 0 Å². The van der Waals surface area contributed by atoms with Crippen molar-refractivity contribution in [3.63, 3.8) is 0 Å². The van der Waals surface area contributed by atoms with E-state index in [0.717, 1.165) is 5.56 Å². The summed E-state index contributed by atoms with van der Waals surface area (Å²) in [4.78, 5) is 0. The molecule has 0 heterocycles. The first-order chi connectivity index (χ1) is 7.00. The molecule has 82 valence electrons. The minimum atomic E-state index is 0.220. The van der Waals surface area contributed by atoms with E-state index in [0.29, 0.717) is 17.2 Å². The molecule has 1 aromatic carbocycles. The summed E-state index contributed by atoms with van der Waals surface area (Å²) in [5, 5.41) is 13.2. The van der Waals surface area contributed by atoms with Crippen LogP contribution >= 0.6 is 0 Å². The molecule has 0 spiro atoms. The molecule has 2 rings (SSSR count). The second-order valence-electron chi connectivity index (χ2n) is 5.19. The Kier molecular flexibility index (Phi) is 2.47. The summed E-state index contributed by atoms with van der Waals surface area (Å²) in [6, 6.07) is 8.34. The van der Waals surface area contributed by atoms with E-state index in [1.54, 1.807) is 6.07 Å². The number of nitrogens with one attached hydrogen (secondary N) is 1. The number of rotatable bonds is 3. The van der Waals surface area contributed by atoms with Crippen molar-refractivity contribution in [2.45, 2.75) is 39.3 Å². The van der Waals surface area contributed by atoms with Crippen LogP contribution in [0, 0.1) is 5.41 Å². The Morgan fingerprint density at radius 3 is 2.53 bits per heavy atom. The standard InChI is InChI=1S/C13H19NO/c1-9(14-12-8-13(12,2)3)10-6-4-5-7-11(10)15/h4-7,9,12,14-15H,8H2,1-3H3. The topological polar surface area (TPSA) is 32.3 Å². The Labute approximate surface area is 91.3 Å². The number of para-hydroxylation sites is 1. The highest BCUT2D eigenvalue weighted by Gasteiger charge is 2.46. The lowest BCUT2D eigenvalue weighted by atomic mass is 10.1. The van der Waals surface area contributed by atoms with Crippen molar-refractivity contribution in [2.75, 3.05) is 0 Å². The molecule has 2 unspecified atom stereocenters. The maximum atomic E-state index is 9.70. The predicted octanol–water partition coefficient (Wildman–Crippen LogP) is 2.84. The van der Waals surface area contributed by atoms with Crippen LogP contribution in [0.15, 0.2) is 24.3 Å². The van der Waals surface area contributed by atoms with Gasteiger partial charge in [-0.3, -0.25) is 0 Å². The second kappa shape index (κ2) is 3.53. The van der Waals surface area contributed by atoms with Gasteiger partial charge in [-0.1, -0.05) is 32.0 Å². The average Bonchev–Trinajstić information content (AvgIpc) is 2.74. The summed E-state index contributed by atoms with van der Waals surface area (Å²) in [5.74, 6) is 0.385. The minimum absolute atomic E-state index is 0.220. The largest absolute Gasteiger partial charge is 0.508 e. The van der Waals surface area contributed by atoms with Gasteiger partial charge in [0.2, 0.25) is 0 Å². The summed E-state index contributed by atoms with van der Waals surface area (Å²) in [6.07, 6.45) is 1.23. The van der Waals surface area contributed by atoms with Crippen LogP contribution in [0.2, 0.25) is 0 Å². The van der Waals surface area contributed by atoms with E-state index in [-0.39, 0.29) is 6.04 Å². The monoisotopic (exact) mass is 205 g/mol. The summed E-state index contributed by atoms with van der Waals surface area (Å²) < 4.78 is 0. The number of phenols is 1. The lowest BCUT2D eigenvalue weighted by molar-refractivity contribution is 0.441. The molecular formula is C13H19NO. The zero-order chi connectivity index (χ0) is 11.1. The van der Waals surface area contributed by atoms with Crippen LogP contribution in [0.1, 0.15) is 38.8 Å². The van der Waals surface area contributed by atoms with Crippen LogP contribution < -0.4 is 5.32 Å². The molecular weight excluding hydrogens is 186 g/mol.